The van der Waals surface area contributed by atoms with Gasteiger partial charge in [-0.1, -0.05) is 24.3 Å². The van der Waals surface area contributed by atoms with Gasteiger partial charge < -0.3 is 15.4 Å². The molecule has 0 radical (unpaired) electrons. The number of carbonyl (C=O) groups is 1. The Kier molecular flexibility index (Phi) is 3.29. The first kappa shape index (κ1) is 12.5. The van der Waals surface area contributed by atoms with Crippen molar-refractivity contribution in [1.82, 2.24) is 0 Å². The third kappa shape index (κ3) is 2.45. The zero-order valence-electron chi connectivity index (χ0n) is 11.2. The Morgan fingerprint density at radius 1 is 1.25 bits per heavy atom. The van der Waals surface area contributed by atoms with Crippen molar-refractivity contribution in [3.63, 3.8) is 0 Å². The quantitative estimate of drug-likeness (QED) is 0.899. The van der Waals surface area contributed by atoms with Crippen molar-refractivity contribution in [3.8, 4) is 5.75 Å². The van der Waals surface area contributed by atoms with Gasteiger partial charge in [-0.15, -0.1) is 0 Å². The monoisotopic (exact) mass is 268 g/mol. The number of para-hydroxylation sites is 1. The number of hydrogen-bond donors (Lipinski definition) is 2. The van der Waals surface area contributed by atoms with Crippen LogP contribution in [0.3, 0.4) is 0 Å². The zero-order valence-corrected chi connectivity index (χ0v) is 11.2. The van der Waals surface area contributed by atoms with E-state index < -0.39 is 0 Å². The van der Waals surface area contributed by atoms with Crippen LogP contribution in [0.4, 0.5) is 11.4 Å². The van der Waals surface area contributed by atoms with Gasteiger partial charge in [0.2, 0.25) is 5.91 Å². The molecule has 1 aliphatic rings. The number of anilines is 2. The molecule has 0 saturated carbocycles. The van der Waals surface area contributed by atoms with E-state index in [1.807, 2.05) is 42.5 Å². The average Bonchev–Trinajstić information content (AvgIpc) is 2.91. The Hall–Kier alpha value is -2.49. The van der Waals surface area contributed by atoms with Crippen LogP contribution in [0.5, 0.6) is 5.75 Å². The maximum absolute atomic E-state index is 12.3. The Balaban J connectivity index is 1.69. The zero-order chi connectivity index (χ0) is 13.9. The first-order valence-corrected chi connectivity index (χ1v) is 6.55. The highest BCUT2D eigenvalue weighted by Gasteiger charge is 2.26. The normalized spacial score (nSPS) is 16.1. The molecule has 3 rings (SSSR count). The van der Waals surface area contributed by atoms with Crippen LogP contribution in [0.25, 0.3) is 0 Å². The van der Waals surface area contributed by atoms with Gasteiger partial charge in [0.05, 0.1) is 7.11 Å². The summed E-state index contributed by atoms with van der Waals surface area (Å²) in [6, 6.07) is 15.1. The third-order valence-electron chi connectivity index (χ3n) is 3.42. The van der Waals surface area contributed by atoms with Crippen LogP contribution in [-0.4, -0.2) is 19.1 Å². The Labute approximate surface area is 117 Å². The van der Waals surface area contributed by atoms with Gasteiger partial charge in [0.1, 0.15) is 11.8 Å². The second kappa shape index (κ2) is 5.25. The number of rotatable bonds is 3. The highest BCUT2D eigenvalue weighted by Crippen LogP contribution is 2.26. The molecule has 2 aromatic carbocycles. The van der Waals surface area contributed by atoms with E-state index in [1.54, 1.807) is 13.2 Å². The summed E-state index contributed by atoms with van der Waals surface area (Å²) in [4.78, 5) is 12.3. The van der Waals surface area contributed by atoms with Crippen molar-refractivity contribution >= 4 is 17.3 Å². The first-order valence-electron chi connectivity index (χ1n) is 6.55. The fourth-order valence-corrected chi connectivity index (χ4v) is 2.39. The van der Waals surface area contributed by atoms with Gasteiger partial charge in [-0.25, -0.2) is 0 Å². The molecule has 20 heavy (non-hydrogen) atoms. The predicted molar refractivity (Wildman–Crippen MR) is 79.2 cm³/mol. The number of hydrogen-bond acceptors (Lipinski definition) is 3. The summed E-state index contributed by atoms with van der Waals surface area (Å²) in [6.07, 6.45) is 0.714. The molecule has 0 aliphatic carbocycles. The summed E-state index contributed by atoms with van der Waals surface area (Å²) >= 11 is 0. The Morgan fingerprint density at radius 3 is 2.90 bits per heavy atom. The number of fused-ring (bicyclic) bond motifs is 1. The molecule has 0 unspecified atom stereocenters. The molecule has 1 atom stereocenters. The lowest BCUT2D eigenvalue weighted by molar-refractivity contribution is -0.116. The summed E-state index contributed by atoms with van der Waals surface area (Å²) in [5.41, 5.74) is 2.96. The summed E-state index contributed by atoms with van der Waals surface area (Å²) in [6.45, 7) is 0. The molecule has 1 heterocycles. The second-order valence-electron chi connectivity index (χ2n) is 4.78. The van der Waals surface area contributed by atoms with Gasteiger partial charge in [0.25, 0.3) is 0 Å². The smallest absolute Gasteiger partial charge is 0.247 e. The van der Waals surface area contributed by atoms with Crippen LogP contribution < -0.4 is 15.4 Å². The lowest BCUT2D eigenvalue weighted by Gasteiger charge is -2.12. The van der Waals surface area contributed by atoms with Gasteiger partial charge in [0, 0.05) is 23.9 Å². The van der Waals surface area contributed by atoms with Gasteiger partial charge in [-0.3, -0.25) is 4.79 Å². The molecule has 102 valence electrons. The molecule has 2 N–H and O–H groups in total. The fraction of sp³-hybridized carbons (Fsp3) is 0.188. The number of carbonyl (C=O) groups excluding carboxylic acids is 1. The van der Waals surface area contributed by atoms with Crippen molar-refractivity contribution in [2.45, 2.75) is 12.5 Å². The number of benzene rings is 2. The molecule has 0 bridgehead atoms. The second-order valence-corrected chi connectivity index (χ2v) is 4.78. The van der Waals surface area contributed by atoms with Crippen LogP contribution in [0, 0.1) is 0 Å². The van der Waals surface area contributed by atoms with E-state index >= 15 is 0 Å². The van der Waals surface area contributed by atoms with Gasteiger partial charge in [-0.05, 0) is 23.8 Å². The maximum Gasteiger partial charge on any atom is 0.247 e. The summed E-state index contributed by atoms with van der Waals surface area (Å²) in [7, 11) is 1.61. The van der Waals surface area contributed by atoms with Gasteiger partial charge in [-0.2, -0.15) is 0 Å². The summed E-state index contributed by atoms with van der Waals surface area (Å²) in [5, 5.41) is 6.15. The van der Waals surface area contributed by atoms with E-state index in [4.69, 9.17) is 4.74 Å². The average molecular weight is 268 g/mol. The summed E-state index contributed by atoms with van der Waals surface area (Å²) in [5.74, 6) is 0.694. The van der Waals surface area contributed by atoms with E-state index in [9.17, 15) is 4.79 Å². The molecule has 2 aromatic rings. The van der Waals surface area contributed by atoms with E-state index in [2.05, 4.69) is 10.6 Å². The minimum Gasteiger partial charge on any atom is -0.497 e. The maximum atomic E-state index is 12.3. The molecule has 0 aromatic heterocycles. The van der Waals surface area contributed by atoms with Gasteiger partial charge in [0.15, 0.2) is 0 Å². The Bertz CT molecular complexity index is 615. The minimum atomic E-state index is -0.224. The van der Waals surface area contributed by atoms with E-state index in [-0.39, 0.29) is 11.9 Å². The molecule has 4 nitrogen and oxygen atoms in total. The number of amides is 1. The topological polar surface area (TPSA) is 50.4 Å². The van der Waals surface area contributed by atoms with Crippen molar-refractivity contribution < 1.29 is 9.53 Å². The van der Waals surface area contributed by atoms with Crippen LogP contribution in [-0.2, 0) is 11.2 Å². The lowest BCUT2D eigenvalue weighted by atomic mass is 10.1. The minimum absolute atomic E-state index is 0.0329. The first-order chi connectivity index (χ1) is 9.76. The van der Waals surface area contributed by atoms with Crippen LogP contribution in [0.15, 0.2) is 48.5 Å². The lowest BCUT2D eigenvalue weighted by Crippen LogP contribution is -2.32. The third-order valence-corrected chi connectivity index (χ3v) is 3.42. The molecule has 0 spiro atoms. The molecule has 4 heteroatoms. The van der Waals surface area contributed by atoms with Crippen molar-refractivity contribution in [3.05, 3.63) is 54.1 Å². The van der Waals surface area contributed by atoms with Crippen LogP contribution in [0.1, 0.15) is 5.56 Å². The highest BCUT2D eigenvalue weighted by atomic mass is 16.5. The summed E-state index contributed by atoms with van der Waals surface area (Å²) < 4.78 is 5.15. The number of ether oxygens (including phenoxy) is 1. The number of nitrogens with one attached hydrogen (secondary N) is 2. The van der Waals surface area contributed by atoms with Crippen LogP contribution in [0.2, 0.25) is 0 Å². The Morgan fingerprint density at radius 2 is 2.10 bits per heavy atom. The van der Waals surface area contributed by atoms with Crippen molar-refractivity contribution in [2.24, 2.45) is 0 Å². The van der Waals surface area contributed by atoms with Crippen molar-refractivity contribution in [2.75, 3.05) is 17.7 Å². The van der Waals surface area contributed by atoms with Crippen molar-refractivity contribution in [1.29, 1.82) is 0 Å². The van der Waals surface area contributed by atoms with Gasteiger partial charge >= 0.3 is 0 Å². The molecule has 0 saturated heterocycles. The molecular formula is C16H16N2O2. The fourth-order valence-electron chi connectivity index (χ4n) is 2.39. The largest absolute Gasteiger partial charge is 0.497 e. The predicted octanol–water partition coefficient (Wildman–Crippen LogP) is 2.67. The van der Waals surface area contributed by atoms with Crippen LogP contribution >= 0.6 is 0 Å². The molecule has 1 amide bonds. The SMILES string of the molecule is COc1cccc(NC(=O)[C@@H]2Cc3ccccc3N2)c1. The van der Waals surface area contributed by atoms with E-state index in [1.165, 1.54) is 5.56 Å². The molecular weight excluding hydrogens is 252 g/mol. The molecule has 0 fully saturated rings. The highest BCUT2D eigenvalue weighted by molar-refractivity contribution is 5.98. The molecule has 1 aliphatic heterocycles. The standard InChI is InChI=1S/C16H16N2O2/c1-20-13-7-4-6-12(10-13)17-16(19)15-9-11-5-2-3-8-14(11)18-15/h2-8,10,15,18H,9H2,1H3,(H,17,19)/t15-/m0/s1. The van der Waals surface area contributed by atoms with E-state index in [0.29, 0.717) is 6.42 Å². The number of methoxy groups -OCH3 is 1. The van der Waals surface area contributed by atoms with E-state index in [0.717, 1.165) is 17.1 Å².